The molecule has 0 aliphatic rings. The lowest BCUT2D eigenvalue weighted by Crippen LogP contribution is -2.15. The second kappa shape index (κ2) is 4.19. The van der Waals surface area contributed by atoms with Crippen LogP contribution in [0.4, 0.5) is 0 Å². The molecule has 0 atom stereocenters. The Balaban J connectivity index is 2.46. The number of aromatic nitrogens is 4. The summed E-state index contributed by atoms with van der Waals surface area (Å²) < 4.78 is 1.48. The van der Waals surface area contributed by atoms with E-state index >= 15 is 0 Å². The second-order valence-corrected chi connectivity index (χ2v) is 4.91. The van der Waals surface area contributed by atoms with Crippen LogP contribution in [0.25, 0.3) is 16.7 Å². The number of aromatic amines is 1. The molecule has 0 bridgehead atoms. The SMILES string of the molecule is CCCc1cc(=O)n2[nH]c3nc(C)cc(C)c3c2n1. The average Bonchev–Trinajstić information content (AvgIpc) is 2.68. The molecule has 0 fully saturated rings. The zero-order chi connectivity index (χ0) is 13.6. The number of rotatable bonds is 2. The number of pyridine rings is 1. The van der Waals surface area contributed by atoms with Gasteiger partial charge in [-0.15, -0.1) is 0 Å². The molecule has 0 aliphatic carbocycles. The molecule has 19 heavy (non-hydrogen) atoms. The molecule has 3 heterocycles. The number of hydrogen-bond donors (Lipinski definition) is 1. The molecule has 0 amide bonds. The summed E-state index contributed by atoms with van der Waals surface area (Å²) in [4.78, 5) is 21.1. The van der Waals surface area contributed by atoms with Crippen LogP contribution in [0.3, 0.4) is 0 Å². The van der Waals surface area contributed by atoms with Crippen molar-refractivity contribution in [2.24, 2.45) is 0 Å². The number of fused-ring (bicyclic) bond motifs is 3. The van der Waals surface area contributed by atoms with Crippen LogP contribution < -0.4 is 5.56 Å². The monoisotopic (exact) mass is 256 g/mol. The lowest BCUT2D eigenvalue weighted by atomic mass is 10.2. The molecule has 5 heteroatoms. The van der Waals surface area contributed by atoms with Crippen molar-refractivity contribution in [1.82, 2.24) is 19.6 Å². The number of aryl methyl sites for hydroxylation is 3. The molecular weight excluding hydrogens is 240 g/mol. The fourth-order valence-electron chi connectivity index (χ4n) is 2.50. The Morgan fingerprint density at radius 3 is 2.79 bits per heavy atom. The van der Waals surface area contributed by atoms with E-state index in [1.54, 1.807) is 6.07 Å². The summed E-state index contributed by atoms with van der Waals surface area (Å²) in [6.07, 6.45) is 1.79. The van der Waals surface area contributed by atoms with Crippen molar-refractivity contribution in [2.45, 2.75) is 33.6 Å². The molecule has 3 rings (SSSR count). The van der Waals surface area contributed by atoms with Crippen LogP contribution >= 0.6 is 0 Å². The standard InChI is InChI=1S/C14H16N4O/c1-4-5-10-7-11(19)18-14(16-10)12-8(2)6-9(3)15-13(12)17-18/h6-7H,4-5H2,1-3H3,(H,15,17). The van der Waals surface area contributed by atoms with Crippen molar-refractivity contribution in [3.8, 4) is 0 Å². The van der Waals surface area contributed by atoms with Gasteiger partial charge in [-0.05, 0) is 31.9 Å². The Bertz CT molecular complexity index is 829. The Kier molecular flexibility index (Phi) is 2.62. The van der Waals surface area contributed by atoms with Crippen LogP contribution in [0.5, 0.6) is 0 Å². The lowest BCUT2D eigenvalue weighted by molar-refractivity contribution is 0.842. The molecule has 98 valence electrons. The van der Waals surface area contributed by atoms with Crippen LogP contribution in [0.1, 0.15) is 30.3 Å². The number of nitrogens with zero attached hydrogens (tertiary/aromatic N) is 3. The van der Waals surface area contributed by atoms with E-state index in [2.05, 4.69) is 22.0 Å². The highest BCUT2D eigenvalue weighted by atomic mass is 16.1. The van der Waals surface area contributed by atoms with Gasteiger partial charge in [0.05, 0.1) is 5.39 Å². The third kappa shape index (κ3) is 1.82. The maximum Gasteiger partial charge on any atom is 0.272 e. The van der Waals surface area contributed by atoms with Gasteiger partial charge in [0.2, 0.25) is 0 Å². The second-order valence-electron chi connectivity index (χ2n) is 4.91. The van der Waals surface area contributed by atoms with Crippen LogP contribution in [0.2, 0.25) is 0 Å². The van der Waals surface area contributed by atoms with Gasteiger partial charge in [0.25, 0.3) is 5.56 Å². The van der Waals surface area contributed by atoms with Gasteiger partial charge < -0.3 is 0 Å². The first-order valence-electron chi connectivity index (χ1n) is 6.48. The maximum atomic E-state index is 12.1. The number of nitrogens with one attached hydrogen (secondary N) is 1. The fourth-order valence-corrected chi connectivity index (χ4v) is 2.50. The summed E-state index contributed by atoms with van der Waals surface area (Å²) in [6, 6.07) is 3.60. The van der Waals surface area contributed by atoms with Crippen LogP contribution in [0, 0.1) is 13.8 Å². The average molecular weight is 256 g/mol. The molecule has 0 radical (unpaired) electrons. The Labute approximate surface area is 110 Å². The van der Waals surface area contributed by atoms with Crippen molar-refractivity contribution in [2.75, 3.05) is 0 Å². The first kappa shape index (κ1) is 11.9. The van der Waals surface area contributed by atoms with Gasteiger partial charge in [0.1, 0.15) is 0 Å². The largest absolute Gasteiger partial charge is 0.272 e. The van der Waals surface area contributed by atoms with E-state index in [9.17, 15) is 4.79 Å². The molecule has 1 N–H and O–H groups in total. The van der Waals surface area contributed by atoms with Crippen molar-refractivity contribution in [1.29, 1.82) is 0 Å². The minimum absolute atomic E-state index is 0.0801. The predicted octanol–water partition coefficient (Wildman–Crippen LogP) is 2.14. The van der Waals surface area contributed by atoms with Gasteiger partial charge >= 0.3 is 0 Å². The lowest BCUT2D eigenvalue weighted by Gasteiger charge is -2.00. The van der Waals surface area contributed by atoms with E-state index in [1.807, 2.05) is 19.9 Å². The zero-order valence-corrected chi connectivity index (χ0v) is 11.3. The van der Waals surface area contributed by atoms with E-state index in [0.29, 0.717) is 5.65 Å². The summed E-state index contributed by atoms with van der Waals surface area (Å²) in [5.74, 6) is 0. The normalized spacial score (nSPS) is 11.5. The van der Waals surface area contributed by atoms with E-state index in [4.69, 9.17) is 0 Å². The van der Waals surface area contributed by atoms with Crippen LogP contribution in [0.15, 0.2) is 16.9 Å². The van der Waals surface area contributed by atoms with Gasteiger partial charge in [-0.1, -0.05) is 13.3 Å². The van der Waals surface area contributed by atoms with Crippen molar-refractivity contribution >= 4 is 16.7 Å². The van der Waals surface area contributed by atoms with E-state index in [-0.39, 0.29) is 5.56 Å². The summed E-state index contributed by atoms with van der Waals surface area (Å²) in [5, 5.41) is 3.96. The quantitative estimate of drug-likeness (QED) is 0.764. The summed E-state index contributed by atoms with van der Waals surface area (Å²) >= 11 is 0. The third-order valence-corrected chi connectivity index (χ3v) is 3.26. The van der Waals surface area contributed by atoms with Gasteiger partial charge in [-0.2, -0.15) is 4.52 Å². The summed E-state index contributed by atoms with van der Waals surface area (Å²) in [5.41, 5.74) is 4.17. The van der Waals surface area contributed by atoms with Gasteiger partial charge in [-0.25, -0.2) is 9.97 Å². The Morgan fingerprint density at radius 1 is 1.26 bits per heavy atom. The molecule has 0 saturated carbocycles. The fraction of sp³-hybridized carbons (Fsp3) is 0.357. The minimum Gasteiger partial charge on any atom is -0.272 e. The Hall–Kier alpha value is -2.17. The predicted molar refractivity (Wildman–Crippen MR) is 74.6 cm³/mol. The first-order chi connectivity index (χ1) is 9.10. The van der Waals surface area contributed by atoms with Gasteiger partial charge in [-0.3, -0.25) is 9.89 Å². The topological polar surface area (TPSA) is 63.0 Å². The minimum atomic E-state index is -0.0801. The van der Waals surface area contributed by atoms with Gasteiger partial charge in [0, 0.05) is 17.5 Å². The van der Waals surface area contributed by atoms with E-state index in [0.717, 1.165) is 40.8 Å². The number of hydrogen-bond acceptors (Lipinski definition) is 3. The zero-order valence-electron chi connectivity index (χ0n) is 11.3. The maximum absolute atomic E-state index is 12.1. The summed E-state index contributed by atoms with van der Waals surface area (Å²) in [7, 11) is 0. The highest BCUT2D eigenvalue weighted by Gasteiger charge is 2.12. The molecule has 0 aromatic carbocycles. The number of H-pyrrole nitrogens is 1. The first-order valence-corrected chi connectivity index (χ1v) is 6.48. The highest BCUT2D eigenvalue weighted by molar-refractivity contribution is 5.92. The van der Waals surface area contributed by atoms with Crippen molar-refractivity contribution in [3.05, 3.63) is 39.4 Å². The highest BCUT2D eigenvalue weighted by Crippen LogP contribution is 2.20. The third-order valence-electron chi connectivity index (χ3n) is 3.26. The molecule has 0 unspecified atom stereocenters. The molecule has 0 saturated heterocycles. The summed E-state index contributed by atoms with van der Waals surface area (Å²) in [6.45, 7) is 6.04. The molecule has 3 aromatic rings. The molecule has 0 aliphatic heterocycles. The Morgan fingerprint density at radius 2 is 2.05 bits per heavy atom. The molecule has 0 spiro atoms. The molecule has 5 nitrogen and oxygen atoms in total. The van der Waals surface area contributed by atoms with Crippen LogP contribution in [-0.2, 0) is 6.42 Å². The molecular formula is C14H16N4O. The van der Waals surface area contributed by atoms with Gasteiger partial charge in [0.15, 0.2) is 11.3 Å². The molecule has 3 aromatic heterocycles. The van der Waals surface area contributed by atoms with Crippen LogP contribution in [-0.4, -0.2) is 19.6 Å². The smallest absolute Gasteiger partial charge is 0.272 e. The van der Waals surface area contributed by atoms with Crippen molar-refractivity contribution in [3.63, 3.8) is 0 Å². The van der Waals surface area contributed by atoms with Crippen molar-refractivity contribution < 1.29 is 0 Å². The van der Waals surface area contributed by atoms with E-state index < -0.39 is 0 Å². The van der Waals surface area contributed by atoms with E-state index in [1.165, 1.54) is 4.52 Å².